The van der Waals surface area contributed by atoms with E-state index in [0.29, 0.717) is 5.56 Å². The Labute approximate surface area is 117 Å². The number of thiocarbonyl (C=S) groups is 1. The van der Waals surface area contributed by atoms with Crippen LogP contribution < -0.4 is 11.1 Å². The quantitative estimate of drug-likeness (QED) is 0.614. The van der Waals surface area contributed by atoms with Gasteiger partial charge in [-0.15, -0.1) is 0 Å². The van der Waals surface area contributed by atoms with Crippen LogP contribution in [0.2, 0.25) is 0 Å². The number of amides is 1. The second kappa shape index (κ2) is 6.84. The van der Waals surface area contributed by atoms with Crippen LogP contribution in [0.5, 0.6) is 0 Å². The molecule has 1 amide bonds. The first-order chi connectivity index (χ1) is 8.97. The lowest BCUT2D eigenvalue weighted by Crippen LogP contribution is -2.44. The molecule has 2 atom stereocenters. The lowest BCUT2D eigenvalue weighted by molar-refractivity contribution is -0.144. The summed E-state index contributed by atoms with van der Waals surface area (Å²) in [4.78, 5) is 23.5. The van der Waals surface area contributed by atoms with Crippen LogP contribution in [0.15, 0.2) is 30.3 Å². The molecule has 5 nitrogen and oxygen atoms in total. The average molecular weight is 280 g/mol. The Hall–Kier alpha value is -1.95. The number of rotatable bonds is 5. The number of hydrogen-bond acceptors (Lipinski definition) is 4. The van der Waals surface area contributed by atoms with Crippen molar-refractivity contribution >= 4 is 29.1 Å². The topological polar surface area (TPSA) is 81.4 Å². The number of carbonyl (C=O) groups excluding carboxylic acids is 2. The molecule has 0 saturated heterocycles. The van der Waals surface area contributed by atoms with Gasteiger partial charge in [-0.05, 0) is 12.5 Å². The predicted octanol–water partition coefficient (Wildman–Crippen LogP) is 0.734. The summed E-state index contributed by atoms with van der Waals surface area (Å²) in [6.45, 7) is 1.53. The summed E-state index contributed by atoms with van der Waals surface area (Å²) >= 11 is 4.92. The molecule has 0 saturated carbocycles. The highest BCUT2D eigenvalue weighted by Gasteiger charge is 2.26. The monoisotopic (exact) mass is 280 g/mol. The zero-order valence-corrected chi connectivity index (χ0v) is 11.6. The second-order valence-electron chi connectivity index (χ2n) is 4.00. The van der Waals surface area contributed by atoms with Crippen molar-refractivity contribution in [1.29, 1.82) is 0 Å². The molecule has 0 spiro atoms. The van der Waals surface area contributed by atoms with Gasteiger partial charge in [-0.3, -0.25) is 4.79 Å². The molecule has 0 fully saturated rings. The van der Waals surface area contributed by atoms with Crippen molar-refractivity contribution in [3.63, 3.8) is 0 Å². The molecular weight excluding hydrogens is 264 g/mol. The van der Waals surface area contributed by atoms with Crippen molar-refractivity contribution in [2.24, 2.45) is 5.73 Å². The van der Waals surface area contributed by atoms with Gasteiger partial charge in [0.05, 0.1) is 12.1 Å². The van der Waals surface area contributed by atoms with Gasteiger partial charge in [-0.1, -0.05) is 42.5 Å². The minimum atomic E-state index is -0.761. The number of esters is 1. The third-order valence-corrected chi connectivity index (χ3v) is 2.83. The molecule has 0 bridgehead atoms. The van der Waals surface area contributed by atoms with E-state index in [4.69, 9.17) is 18.0 Å². The Morgan fingerprint density at radius 1 is 1.32 bits per heavy atom. The van der Waals surface area contributed by atoms with Crippen molar-refractivity contribution in [2.45, 2.75) is 18.9 Å². The van der Waals surface area contributed by atoms with Crippen LogP contribution >= 0.6 is 12.2 Å². The fourth-order valence-corrected chi connectivity index (χ4v) is 1.87. The maximum absolute atomic E-state index is 12.1. The summed E-state index contributed by atoms with van der Waals surface area (Å²) in [6.07, 6.45) is 0. The van der Waals surface area contributed by atoms with Gasteiger partial charge in [0.1, 0.15) is 12.0 Å². The third-order valence-electron chi connectivity index (χ3n) is 2.59. The second-order valence-corrected chi connectivity index (χ2v) is 4.47. The number of nitrogens with two attached hydrogens (primary N) is 1. The fourth-order valence-electron chi connectivity index (χ4n) is 1.62. The summed E-state index contributed by atoms with van der Waals surface area (Å²) in [5.41, 5.74) is 6.29. The van der Waals surface area contributed by atoms with E-state index in [0.717, 1.165) is 0 Å². The highest BCUT2D eigenvalue weighted by atomic mass is 32.1. The minimum absolute atomic E-state index is 0.0563. The Morgan fingerprint density at radius 2 is 1.89 bits per heavy atom. The van der Waals surface area contributed by atoms with Crippen LogP contribution in [0.3, 0.4) is 0 Å². The maximum atomic E-state index is 12.1. The van der Waals surface area contributed by atoms with Crippen molar-refractivity contribution in [1.82, 2.24) is 5.32 Å². The number of nitrogens with one attached hydrogen (secondary N) is 1. The lowest BCUT2D eigenvalue weighted by atomic mass is 9.98. The van der Waals surface area contributed by atoms with Gasteiger partial charge in [-0.25, -0.2) is 4.79 Å². The Kier molecular flexibility index (Phi) is 5.44. The lowest BCUT2D eigenvalue weighted by Gasteiger charge is -2.18. The summed E-state index contributed by atoms with van der Waals surface area (Å²) in [5, 5.41) is 2.53. The molecule has 6 heteroatoms. The van der Waals surface area contributed by atoms with Gasteiger partial charge in [0.15, 0.2) is 0 Å². The minimum Gasteiger partial charge on any atom is -0.467 e. The van der Waals surface area contributed by atoms with Crippen LogP contribution in [0.4, 0.5) is 0 Å². The summed E-state index contributed by atoms with van der Waals surface area (Å²) in [7, 11) is 1.26. The molecule has 1 rings (SSSR count). The molecule has 102 valence electrons. The molecule has 0 aliphatic heterocycles. The van der Waals surface area contributed by atoms with Gasteiger partial charge >= 0.3 is 5.97 Å². The van der Waals surface area contributed by atoms with Crippen molar-refractivity contribution in [2.75, 3.05) is 7.11 Å². The molecule has 19 heavy (non-hydrogen) atoms. The first-order valence-electron chi connectivity index (χ1n) is 5.69. The molecule has 0 radical (unpaired) electrons. The zero-order valence-electron chi connectivity index (χ0n) is 10.8. The maximum Gasteiger partial charge on any atom is 0.328 e. The fraction of sp³-hybridized carbons (Fsp3) is 0.308. The normalized spacial score (nSPS) is 13.2. The molecular formula is C13H16N2O3S. The van der Waals surface area contributed by atoms with Gasteiger partial charge in [0.2, 0.25) is 5.91 Å². The van der Waals surface area contributed by atoms with Crippen molar-refractivity contribution < 1.29 is 14.3 Å². The molecule has 2 unspecified atom stereocenters. The predicted molar refractivity (Wildman–Crippen MR) is 75.6 cm³/mol. The van der Waals surface area contributed by atoms with Gasteiger partial charge in [0.25, 0.3) is 0 Å². The molecule has 0 aliphatic carbocycles. The largest absolute Gasteiger partial charge is 0.467 e. The summed E-state index contributed by atoms with van der Waals surface area (Å²) in [5.74, 6) is -1.71. The van der Waals surface area contributed by atoms with Crippen LogP contribution in [-0.2, 0) is 14.3 Å². The average Bonchev–Trinajstić information content (AvgIpc) is 2.38. The van der Waals surface area contributed by atoms with E-state index in [9.17, 15) is 9.59 Å². The van der Waals surface area contributed by atoms with Gasteiger partial charge < -0.3 is 15.8 Å². The van der Waals surface area contributed by atoms with E-state index < -0.39 is 23.8 Å². The number of benzene rings is 1. The third kappa shape index (κ3) is 4.03. The smallest absolute Gasteiger partial charge is 0.328 e. The highest BCUT2D eigenvalue weighted by molar-refractivity contribution is 7.80. The SMILES string of the molecule is COC(=O)C(C)NC(=O)C(C(N)=S)c1ccccc1. The standard InChI is InChI=1S/C13H16N2O3S/c1-8(13(17)18-2)15-12(16)10(11(14)19)9-6-4-3-5-7-9/h3-8,10H,1-2H3,(H2,14,19)(H,15,16). The van der Waals surface area contributed by atoms with Crippen molar-refractivity contribution in [3.05, 3.63) is 35.9 Å². The number of methoxy groups -OCH3 is 1. The van der Waals surface area contributed by atoms with E-state index in [2.05, 4.69) is 10.1 Å². The van der Waals surface area contributed by atoms with Crippen molar-refractivity contribution in [3.8, 4) is 0 Å². The number of ether oxygens (including phenoxy) is 1. The molecule has 3 N–H and O–H groups in total. The van der Waals surface area contributed by atoms with E-state index >= 15 is 0 Å². The van der Waals surface area contributed by atoms with Gasteiger partial charge in [-0.2, -0.15) is 0 Å². The first kappa shape index (κ1) is 15.1. The Bertz CT molecular complexity index is 476. The van der Waals surface area contributed by atoms with Crippen LogP contribution in [0.25, 0.3) is 0 Å². The van der Waals surface area contributed by atoms with Crippen LogP contribution in [0, 0.1) is 0 Å². The Morgan fingerprint density at radius 3 is 2.37 bits per heavy atom. The summed E-state index contributed by atoms with van der Waals surface area (Å²) < 4.78 is 4.54. The molecule has 0 aromatic heterocycles. The van der Waals surface area contributed by atoms with E-state index in [1.54, 1.807) is 24.3 Å². The first-order valence-corrected chi connectivity index (χ1v) is 6.10. The molecule has 1 aromatic rings. The molecule has 0 heterocycles. The molecule has 0 aliphatic rings. The van der Waals surface area contributed by atoms with Gasteiger partial charge in [0, 0.05) is 0 Å². The van der Waals surface area contributed by atoms with E-state index in [1.165, 1.54) is 14.0 Å². The van der Waals surface area contributed by atoms with E-state index in [-0.39, 0.29) is 4.99 Å². The highest BCUT2D eigenvalue weighted by Crippen LogP contribution is 2.16. The zero-order chi connectivity index (χ0) is 14.4. The number of carbonyl (C=O) groups is 2. The van der Waals surface area contributed by atoms with Crippen LogP contribution in [-0.4, -0.2) is 30.0 Å². The van der Waals surface area contributed by atoms with Crippen LogP contribution in [0.1, 0.15) is 18.4 Å². The summed E-state index contributed by atoms with van der Waals surface area (Å²) in [6, 6.07) is 8.17. The number of hydrogen-bond donors (Lipinski definition) is 2. The Balaban J connectivity index is 2.87. The molecule has 1 aromatic carbocycles. The van der Waals surface area contributed by atoms with E-state index in [1.807, 2.05) is 6.07 Å².